The van der Waals surface area contributed by atoms with Crippen molar-refractivity contribution in [3.05, 3.63) is 28.2 Å². The van der Waals surface area contributed by atoms with Crippen molar-refractivity contribution < 1.29 is 4.79 Å². The van der Waals surface area contributed by atoms with Gasteiger partial charge in [0.05, 0.1) is 0 Å². The van der Waals surface area contributed by atoms with E-state index in [1.807, 2.05) is 32.0 Å². The van der Waals surface area contributed by atoms with E-state index in [-0.39, 0.29) is 11.9 Å². The summed E-state index contributed by atoms with van der Waals surface area (Å²) >= 11 is 8.41. The summed E-state index contributed by atoms with van der Waals surface area (Å²) in [5.41, 5.74) is 7.17. The number of anilines is 1. The fourth-order valence-corrected chi connectivity index (χ4v) is 2.17. The van der Waals surface area contributed by atoms with Gasteiger partial charge in [-0.1, -0.05) is 28.1 Å². The second kappa shape index (κ2) is 6.86. The number of carbonyl (C=O) groups excluding carboxylic acids is 1. The largest absolute Gasteiger partial charge is 0.389 e. The van der Waals surface area contributed by atoms with Crippen LogP contribution in [0.15, 0.2) is 22.7 Å². The van der Waals surface area contributed by atoms with Crippen molar-refractivity contribution >= 4 is 44.7 Å². The van der Waals surface area contributed by atoms with Crippen LogP contribution >= 0.6 is 28.1 Å². The molecular weight excluding hydrogens is 326 g/mol. The first kappa shape index (κ1) is 15.9. The van der Waals surface area contributed by atoms with Gasteiger partial charge in [-0.25, -0.2) is 0 Å². The van der Waals surface area contributed by atoms with Crippen LogP contribution in [0, 0.1) is 0 Å². The van der Waals surface area contributed by atoms with Crippen molar-refractivity contribution in [3.63, 3.8) is 0 Å². The van der Waals surface area contributed by atoms with E-state index in [4.69, 9.17) is 18.0 Å². The average molecular weight is 344 g/mol. The predicted octanol–water partition coefficient (Wildman–Crippen LogP) is 2.36. The Bertz CT molecular complexity index is 493. The average Bonchev–Trinajstić information content (AvgIpc) is 2.36. The number of benzene rings is 1. The highest BCUT2D eigenvalue weighted by atomic mass is 79.9. The third-order valence-electron chi connectivity index (χ3n) is 2.84. The number of thiocarbonyl (C=S) groups is 1. The molecule has 1 atom stereocenters. The quantitative estimate of drug-likeness (QED) is 0.805. The van der Waals surface area contributed by atoms with Gasteiger partial charge in [-0.15, -0.1) is 0 Å². The number of likely N-dealkylation sites (N-methyl/N-ethyl adjacent to an activating group) is 1. The summed E-state index contributed by atoms with van der Waals surface area (Å²) in [5, 5.41) is 3.16. The van der Waals surface area contributed by atoms with E-state index in [9.17, 15) is 4.79 Å². The third-order valence-corrected chi connectivity index (χ3v) is 3.55. The predicted molar refractivity (Wildman–Crippen MR) is 86.4 cm³/mol. The number of carbonyl (C=O) groups is 1. The summed E-state index contributed by atoms with van der Waals surface area (Å²) in [5.74, 6) is 0.0244. The van der Waals surface area contributed by atoms with Crippen LogP contribution < -0.4 is 11.1 Å². The van der Waals surface area contributed by atoms with Gasteiger partial charge in [0.25, 0.3) is 0 Å². The number of nitrogens with zero attached hydrogens (tertiary/aromatic N) is 1. The summed E-state index contributed by atoms with van der Waals surface area (Å²) in [7, 11) is 1.77. The lowest BCUT2D eigenvalue weighted by molar-refractivity contribution is -0.130. The zero-order valence-corrected chi connectivity index (χ0v) is 13.6. The van der Waals surface area contributed by atoms with E-state index in [1.165, 1.54) is 0 Å². The normalized spacial score (nSPS) is 11.8. The maximum absolute atomic E-state index is 12.0. The number of nitrogens with two attached hydrogens (primary N) is 1. The molecule has 6 heteroatoms. The first-order valence-corrected chi connectivity index (χ1v) is 7.17. The summed E-state index contributed by atoms with van der Waals surface area (Å²) in [4.78, 5) is 14.0. The van der Waals surface area contributed by atoms with Gasteiger partial charge in [0.1, 0.15) is 11.0 Å². The zero-order chi connectivity index (χ0) is 14.6. The molecule has 0 saturated carbocycles. The Morgan fingerprint density at radius 1 is 1.58 bits per heavy atom. The molecule has 0 aromatic heterocycles. The van der Waals surface area contributed by atoms with Crippen LogP contribution in [0.25, 0.3) is 0 Å². The first-order valence-electron chi connectivity index (χ1n) is 5.97. The lowest BCUT2D eigenvalue weighted by atomic mass is 10.1. The molecule has 4 nitrogen and oxygen atoms in total. The molecule has 0 heterocycles. The van der Waals surface area contributed by atoms with Crippen molar-refractivity contribution in [1.29, 1.82) is 0 Å². The minimum absolute atomic E-state index is 0.0244. The highest BCUT2D eigenvalue weighted by molar-refractivity contribution is 9.10. The smallest absolute Gasteiger partial charge is 0.244 e. The molecule has 1 rings (SSSR count). The Kier molecular flexibility index (Phi) is 5.75. The lowest BCUT2D eigenvalue weighted by Crippen LogP contribution is -2.39. The SMILES string of the molecule is CCN(C)C(=O)C(C)Nc1cc(Br)ccc1C(N)=S. The zero-order valence-electron chi connectivity index (χ0n) is 11.2. The van der Waals surface area contributed by atoms with Gasteiger partial charge in [-0.2, -0.15) is 0 Å². The van der Waals surface area contributed by atoms with Gasteiger partial charge in [0.15, 0.2) is 0 Å². The maximum Gasteiger partial charge on any atom is 0.244 e. The summed E-state index contributed by atoms with van der Waals surface area (Å²) in [6, 6.07) is 5.22. The molecule has 0 bridgehead atoms. The molecule has 1 aromatic rings. The topological polar surface area (TPSA) is 58.4 Å². The Morgan fingerprint density at radius 3 is 2.74 bits per heavy atom. The van der Waals surface area contributed by atoms with Crippen LogP contribution in [-0.2, 0) is 4.79 Å². The minimum Gasteiger partial charge on any atom is -0.389 e. The highest BCUT2D eigenvalue weighted by Gasteiger charge is 2.17. The van der Waals surface area contributed by atoms with Crippen LogP contribution in [0.4, 0.5) is 5.69 Å². The number of hydrogen-bond acceptors (Lipinski definition) is 3. The molecule has 0 aliphatic carbocycles. The molecule has 19 heavy (non-hydrogen) atoms. The van der Waals surface area contributed by atoms with Gasteiger partial charge >= 0.3 is 0 Å². The second-order valence-electron chi connectivity index (χ2n) is 4.27. The molecule has 0 aliphatic heterocycles. The number of rotatable bonds is 5. The Labute approximate surface area is 127 Å². The van der Waals surface area contributed by atoms with E-state index < -0.39 is 0 Å². The molecule has 104 valence electrons. The van der Waals surface area contributed by atoms with Crippen LogP contribution in [0.3, 0.4) is 0 Å². The Morgan fingerprint density at radius 2 is 2.21 bits per heavy atom. The van der Waals surface area contributed by atoms with Crippen LogP contribution in [0.2, 0.25) is 0 Å². The lowest BCUT2D eigenvalue weighted by Gasteiger charge is -2.22. The summed E-state index contributed by atoms with van der Waals surface area (Å²) < 4.78 is 0.901. The highest BCUT2D eigenvalue weighted by Crippen LogP contribution is 2.22. The van der Waals surface area contributed by atoms with Crippen LogP contribution in [0.1, 0.15) is 19.4 Å². The monoisotopic (exact) mass is 343 g/mol. The van der Waals surface area contributed by atoms with Crippen molar-refractivity contribution in [2.75, 3.05) is 18.9 Å². The van der Waals surface area contributed by atoms with E-state index in [0.717, 1.165) is 15.7 Å². The van der Waals surface area contributed by atoms with Crippen molar-refractivity contribution in [3.8, 4) is 0 Å². The molecule has 1 unspecified atom stereocenters. The minimum atomic E-state index is -0.340. The number of halogens is 1. The maximum atomic E-state index is 12.0. The van der Waals surface area contributed by atoms with Gasteiger partial charge in [-0.05, 0) is 32.0 Å². The molecule has 0 saturated heterocycles. The summed E-state index contributed by atoms with van der Waals surface area (Å²) in [6.45, 7) is 4.43. The third kappa shape index (κ3) is 4.18. The van der Waals surface area contributed by atoms with E-state index >= 15 is 0 Å². The molecule has 0 radical (unpaired) electrons. The number of nitrogens with one attached hydrogen (secondary N) is 1. The summed E-state index contributed by atoms with van der Waals surface area (Å²) in [6.07, 6.45) is 0. The Hall–Kier alpha value is -1.14. The standard InChI is InChI=1S/C13H18BrN3OS/c1-4-17(3)13(18)8(2)16-11-7-9(14)5-6-10(11)12(15)19/h5-8,16H,4H2,1-3H3,(H2,15,19). The van der Waals surface area contributed by atoms with Crippen LogP contribution in [0.5, 0.6) is 0 Å². The first-order chi connectivity index (χ1) is 8.86. The molecule has 1 aromatic carbocycles. The van der Waals surface area contributed by atoms with Crippen molar-refractivity contribution in [2.45, 2.75) is 19.9 Å². The van der Waals surface area contributed by atoms with Crippen LogP contribution in [-0.4, -0.2) is 35.4 Å². The second-order valence-corrected chi connectivity index (χ2v) is 5.63. The van der Waals surface area contributed by atoms with Crippen molar-refractivity contribution in [1.82, 2.24) is 4.90 Å². The Balaban J connectivity index is 2.95. The molecule has 0 fully saturated rings. The molecular formula is C13H18BrN3OS. The van der Waals surface area contributed by atoms with E-state index in [2.05, 4.69) is 21.2 Å². The molecule has 3 N–H and O–H groups in total. The fourth-order valence-electron chi connectivity index (χ4n) is 1.63. The van der Waals surface area contributed by atoms with E-state index in [0.29, 0.717) is 11.5 Å². The molecule has 1 amide bonds. The van der Waals surface area contributed by atoms with E-state index in [1.54, 1.807) is 11.9 Å². The number of hydrogen-bond donors (Lipinski definition) is 2. The fraction of sp³-hybridized carbons (Fsp3) is 0.385. The van der Waals surface area contributed by atoms with Gasteiger partial charge in [-0.3, -0.25) is 4.79 Å². The van der Waals surface area contributed by atoms with Gasteiger partial charge < -0.3 is 16.0 Å². The molecule has 0 aliphatic rings. The molecule has 0 spiro atoms. The van der Waals surface area contributed by atoms with Gasteiger partial charge in [0.2, 0.25) is 5.91 Å². The number of amides is 1. The van der Waals surface area contributed by atoms with Gasteiger partial charge in [0, 0.05) is 29.3 Å². The van der Waals surface area contributed by atoms with Crippen molar-refractivity contribution in [2.24, 2.45) is 5.73 Å².